The van der Waals surface area contributed by atoms with Crippen LogP contribution in [0.2, 0.25) is 0 Å². The lowest BCUT2D eigenvalue weighted by Gasteiger charge is -2.37. The van der Waals surface area contributed by atoms with E-state index in [2.05, 4.69) is 6.07 Å². The lowest BCUT2D eigenvalue weighted by molar-refractivity contribution is -0.132. The Kier molecular flexibility index (Phi) is 4.56. The number of likely N-dealkylation sites (N-methyl/N-ethyl adjacent to an activating group) is 1. The number of halogens is 1. The van der Waals surface area contributed by atoms with Gasteiger partial charge >= 0.3 is 0 Å². The van der Waals surface area contributed by atoms with Crippen LogP contribution in [0.5, 0.6) is 5.75 Å². The maximum Gasteiger partial charge on any atom is 0.260 e. The highest BCUT2D eigenvalue weighted by Crippen LogP contribution is 2.50. The number of amidine groups is 1. The van der Waals surface area contributed by atoms with E-state index in [-0.39, 0.29) is 11.7 Å². The first kappa shape index (κ1) is 20.0. The van der Waals surface area contributed by atoms with Crippen LogP contribution in [0.3, 0.4) is 0 Å². The van der Waals surface area contributed by atoms with Crippen LogP contribution in [0.15, 0.2) is 71.7 Å². The van der Waals surface area contributed by atoms with Gasteiger partial charge in [-0.05, 0) is 60.0 Å². The van der Waals surface area contributed by atoms with Gasteiger partial charge in [0.1, 0.15) is 23.5 Å². The van der Waals surface area contributed by atoms with Crippen molar-refractivity contribution in [2.45, 2.75) is 25.0 Å². The van der Waals surface area contributed by atoms with Crippen molar-refractivity contribution >= 4 is 11.7 Å². The molecule has 3 aromatic rings. The fourth-order valence-electron chi connectivity index (χ4n) is 4.47. The van der Waals surface area contributed by atoms with Crippen molar-refractivity contribution in [3.8, 4) is 22.9 Å². The number of amides is 1. The molecule has 0 saturated heterocycles. The fourth-order valence-corrected chi connectivity index (χ4v) is 4.47. The Labute approximate surface area is 185 Å². The van der Waals surface area contributed by atoms with Gasteiger partial charge in [-0.3, -0.25) is 9.79 Å². The SMILES string of the molecule is CC1=NC2(CC(c3ccc(F)cc3)Oc3ccc(-c4cccc(C#N)c4)cc32)C(=O)N1C. The number of benzene rings is 3. The molecular formula is C26H20FN3O2. The topological polar surface area (TPSA) is 65.7 Å². The molecule has 3 aromatic carbocycles. The van der Waals surface area contributed by atoms with E-state index in [0.29, 0.717) is 29.1 Å². The first-order valence-corrected chi connectivity index (χ1v) is 10.3. The normalized spacial score (nSPS) is 21.7. The van der Waals surface area contributed by atoms with Gasteiger partial charge in [0.2, 0.25) is 0 Å². The maximum absolute atomic E-state index is 13.5. The number of carbonyl (C=O) groups excluding carboxylic acids is 1. The first-order valence-electron chi connectivity index (χ1n) is 10.3. The molecule has 0 radical (unpaired) electrons. The van der Waals surface area contributed by atoms with Crippen molar-refractivity contribution in [2.75, 3.05) is 7.05 Å². The number of hydrogen-bond donors (Lipinski definition) is 0. The van der Waals surface area contributed by atoms with Crippen molar-refractivity contribution in [1.29, 1.82) is 5.26 Å². The van der Waals surface area contributed by atoms with E-state index in [1.807, 2.05) is 43.3 Å². The second-order valence-electron chi connectivity index (χ2n) is 8.15. The molecule has 0 N–H and O–H groups in total. The third-order valence-corrected chi connectivity index (χ3v) is 6.24. The number of hydrogen-bond acceptors (Lipinski definition) is 4. The summed E-state index contributed by atoms with van der Waals surface area (Å²) < 4.78 is 19.8. The van der Waals surface area contributed by atoms with Crippen LogP contribution < -0.4 is 4.74 Å². The molecule has 2 unspecified atom stereocenters. The van der Waals surface area contributed by atoms with Crippen LogP contribution in [0, 0.1) is 17.1 Å². The Balaban J connectivity index is 1.66. The van der Waals surface area contributed by atoms with E-state index in [0.717, 1.165) is 16.7 Å². The van der Waals surface area contributed by atoms with Crippen molar-refractivity contribution in [3.05, 3.63) is 89.2 Å². The van der Waals surface area contributed by atoms with E-state index >= 15 is 0 Å². The molecule has 6 heteroatoms. The number of nitriles is 1. The zero-order valence-corrected chi connectivity index (χ0v) is 17.7. The van der Waals surface area contributed by atoms with Crippen molar-refractivity contribution in [1.82, 2.24) is 4.90 Å². The number of rotatable bonds is 2. The van der Waals surface area contributed by atoms with Gasteiger partial charge in [-0.2, -0.15) is 5.26 Å². The highest BCUT2D eigenvalue weighted by molar-refractivity contribution is 6.08. The monoisotopic (exact) mass is 425 g/mol. The van der Waals surface area contributed by atoms with Gasteiger partial charge in [0.25, 0.3) is 5.91 Å². The molecule has 32 heavy (non-hydrogen) atoms. The van der Waals surface area contributed by atoms with E-state index in [1.165, 1.54) is 12.1 Å². The molecule has 2 atom stereocenters. The molecule has 0 fully saturated rings. The van der Waals surface area contributed by atoms with Crippen LogP contribution >= 0.6 is 0 Å². The number of aliphatic imine (C=N–C) groups is 1. The maximum atomic E-state index is 13.5. The Morgan fingerprint density at radius 1 is 1.12 bits per heavy atom. The fraction of sp³-hybridized carbons (Fsp3) is 0.192. The largest absolute Gasteiger partial charge is 0.485 e. The lowest BCUT2D eigenvalue weighted by Crippen LogP contribution is -2.42. The van der Waals surface area contributed by atoms with Crippen molar-refractivity contribution < 1.29 is 13.9 Å². The number of carbonyl (C=O) groups is 1. The molecule has 0 saturated carbocycles. The summed E-state index contributed by atoms with van der Waals surface area (Å²) in [5, 5.41) is 9.25. The van der Waals surface area contributed by atoms with Gasteiger partial charge in [0, 0.05) is 19.0 Å². The zero-order valence-electron chi connectivity index (χ0n) is 17.7. The molecule has 158 valence electrons. The molecule has 2 aliphatic rings. The predicted octanol–water partition coefficient (Wildman–Crippen LogP) is 4.97. The summed E-state index contributed by atoms with van der Waals surface area (Å²) in [5.74, 6) is 0.771. The number of ether oxygens (including phenoxy) is 1. The summed E-state index contributed by atoms with van der Waals surface area (Å²) in [6.07, 6.45) is -0.128. The second-order valence-corrected chi connectivity index (χ2v) is 8.15. The molecule has 2 aliphatic heterocycles. The minimum absolute atomic E-state index is 0.116. The molecule has 0 aliphatic carbocycles. The standard InChI is InChI=1S/C26H20FN3O2/c1-16-29-26(25(31)30(16)2)14-24(18-6-9-21(27)10-7-18)32-23-11-8-20(13-22(23)26)19-5-3-4-17(12-19)15-28/h3-13,24H,14H2,1-2H3. The molecule has 1 amide bonds. The predicted molar refractivity (Wildman–Crippen MR) is 119 cm³/mol. The third kappa shape index (κ3) is 3.05. The summed E-state index contributed by atoms with van der Waals surface area (Å²) in [6.45, 7) is 1.81. The van der Waals surface area contributed by atoms with Crippen LogP contribution in [0.25, 0.3) is 11.1 Å². The highest BCUT2D eigenvalue weighted by atomic mass is 19.1. The average molecular weight is 425 g/mol. The quantitative estimate of drug-likeness (QED) is 0.582. The minimum Gasteiger partial charge on any atom is -0.485 e. The third-order valence-electron chi connectivity index (χ3n) is 6.24. The average Bonchev–Trinajstić information content (AvgIpc) is 3.03. The van der Waals surface area contributed by atoms with Gasteiger partial charge in [-0.15, -0.1) is 0 Å². The molecule has 5 rings (SSSR count). The summed E-state index contributed by atoms with van der Waals surface area (Å²) >= 11 is 0. The van der Waals surface area contributed by atoms with Crippen molar-refractivity contribution in [2.24, 2.45) is 4.99 Å². The Morgan fingerprint density at radius 2 is 1.88 bits per heavy atom. The van der Waals surface area contributed by atoms with E-state index in [4.69, 9.17) is 9.73 Å². The van der Waals surface area contributed by atoms with Crippen LogP contribution in [-0.2, 0) is 10.3 Å². The smallest absolute Gasteiger partial charge is 0.260 e. The minimum atomic E-state index is -1.12. The lowest BCUT2D eigenvalue weighted by atomic mass is 9.79. The molecule has 2 heterocycles. The first-order chi connectivity index (χ1) is 15.4. The van der Waals surface area contributed by atoms with Crippen molar-refractivity contribution in [3.63, 3.8) is 0 Å². The zero-order chi connectivity index (χ0) is 22.5. The van der Waals surface area contributed by atoms with E-state index in [1.54, 1.807) is 30.1 Å². The van der Waals surface area contributed by atoms with Gasteiger partial charge in [-0.1, -0.05) is 30.3 Å². The second kappa shape index (κ2) is 7.31. The van der Waals surface area contributed by atoms with E-state index in [9.17, 15) is 14.4 Å². The van der Waals surface area contributed by atoms with Crippen LogP contribution in [0.1, 0.15) is 36.1 Å². The summed E-state index contributed by atoms with van der Waals surface area (Å²) in [4.78, 5) is 19.9. The van der Waals surface area contributed by atoms with Crippen LogP contribution in [-0.4, -0.2) is 23.7 Å². The Hall–Kier alpha value is -3.98. The molecule has 5 nitrogen and oxygen atoms in total. The van der Waals surface area contributed by atoms with Gasteiger partial charge in [0.15, 0.2) is 5.54 Å². The summed E-state index contributed by atoms with van der Waals surface area (Å²) in [5.41, 5.74) is 2.69. The molecule has 0 aromatic heterocycles. The van der Waals surface area contributed by atoms with E-state index < -0.39 is 11.6 Å². The molecular weight excluding hydrogens is 405 g/mol. The Bertz CT molecular complexity index is 1310. The number of fused-ring (bicyclic) bond motifs is 2. The van der Waals surface area contributed by atoms with Gasteiger partial charge in [-0.25, -0.2) is 4.39 Å². The van der Waals surface area contributed by atoms with Gasteiger partial charge in [0.05, 0.1) is 11.6 Å². The Morgan fingerprint density at radius 3 is 2.56 bits per heavy atom. The molecule has 1 spiro atoms. The van der Waals surface area contributed by atoms with Gasteiger partial charge < -0.3 is 9.64 Å². The summed E-state index contributed by atoms with van der Waals surface area (Å²) in [6, 6.07) is 21.3. The number of nitrogens with zero attached hydrogens (tertiary/aromatic N) is 3. The highest BCUT2D eigenvalue weighted by Gasteiger charge is 2.53. The van der Waals surface area contributed by atoms with Crippen LogP contribution in [0.4, 0.5) is 4.39 Å². The summed E-state index contributed by atoms with van der Waals surface area (Å²) in [7, 11) is 1.72. The molecule has 0 bridgehead atoms.